The number of anilines is 1. The van der Waals surface area contributed by atoms with Crippen LogP contribution in [-0.2, 0) is 0 Å². The van der Waals surface area contributed by atoms with Crippen molar-refractivity contribution in [1.29, 1.82) is 10.5 Å². The second-order valence-corrected chi connectivity index (χ2v) is 6.15. The van der Waals surface area contributed by atoms with Crippen molar-refractivity contribution in [2.45, 2.75) is 0 Å². The number of aromatic nitrogens is 2. The molecular formula is C19H11Cl2N5. The molecule has 2 aromatic carbocycles. The number of hydrogen-bond donors (Lipinski definition) is 1. The summed E-state index contributed by atoms with van der Waals surface area (Å²) in [6, 6.07) is 18.1. The van der Waals surface area contributed by atoms with Gasteiger partial charge in [-0.25, -0.2) is 4.68 Å². The highest BCUT2D eigenvalue weighted by Crippen LogP contribution is 2.29. The predicted octanol–water partition coefficient (Wildman–Crippen LogP) is 4.70. The van der Waals surface area contributed by atoms with Crippen LogP contribution in [0.3, 0.4) is 0 Å². The van der Waals surface area contributed by atoms with Gasteiger partial charge < -0.3 is 5.73 Å². The summed E-state index contributed by atoms with van der Waals surface area (Å²) in [4.78, 5) is 0. The molecule has 0 aliphatic heterocycles. The van der Waals surface area contributed by atoms with Crippen LogP contribution in [0.1, 0.15) is 16.8 Å². The monoisotopic (exact) mass is 379 g/mol. The van der Waals surface area contributed by atoms with Gasteiger partial charge in [-0.2, -0.15) is 15.6 Å². The number of nitriles is 2. The fourth-order valence-corrected chi connectivity index (χ4v) is 2.89. The first-order chi connectivity index (χ1) is 12.5. The zero-order valence-corrected chi connectivity index (χ0v) is 14.8. The van der Waals surface area contributed by atoms with E-state index in [1.165, 1.54) is 4.68 Å². The highest BCUT2D eigenvalue weighted by Gasteiger charge is 2.20. The number of allylic oxidation sites excluding steroid dienone is 1. The van der Waals surface area contributed by atoms with Crippen molar-refractivity contribution >= 4 is 40.7 Å². The average Bonchev–Trinajstić information content (AvgIpc) is 2.98. The van der Waals surface area contributed by atoms with Crippen molar-refractivity contribution in [3.8, 4) is 17.8 Å². The van der Waals surface area contributed by atoms with Gasteiger partial charge in [0.2, 0.25) is 0 Å². The zero-order valence-electron chi connectivity index (χ0n) is 13.3. The maximum absolute atomic E-state index is 9.59. The molecule has 1 heterocycles. The van der Waals surface area contributed by atoms with Gasteiger partial charge in [0.05, 0.1) is 11.3 Å². The van der Waals surface area contributed by atoms with Crippen molar-refractivity contribution in [3.05, 3.63) is 75.4 Å². The number of nitrogens with zero attached hydrogens (tertiary/aromatic N) is 4. The molecule has 7 heteroatoms. The van der Waals surface area contributed by atoms with Crippen LogP contribution in [0.15, 0.2) is 48.5 Å². The minimum Gasteiger partial charge on any atom is -0.382 e. The third kappa shape index (κ3) is 3.27. The second-order valence-electron chi connectivity index (χ2n) is 5.30. The van der Waals surface area contributed by atoms with Gasteiger partial charge in [-0.1, -0.05) is 47.5 Å². The van der Waals surface area contributed by atoms with Crippen LogP contribution < -0.4 is 5.73 Å². The van der Waals surface area contributed by atoms with Crippen molar-refractivity contribution in [2.75, 3.05) is 5.73 Å². The number of halogens is 2. The topological polar surface area (TPSA) is 91.4 Å². The summed E-state index contributed by atoms with van der Waals surface area (Å²) in [5, 5.41) is 24.3. The lowest BCUT2D eigenvalue weighted by atomic mass is 10.1. The summed E-state index contributed by atoms with van der Waals surface area (Å²) < 4.78 is 1.43. The molecule has 0 unspecified atom stereocenters. The Morgan fingerprint density at radius 2 is 1.85 bits per heavy atom. The number of nitrogens with two attached hydrogens (primary N) is 1. The van der Waals surface area contributed by atoms with Gasteiger partial charge in [-0.05, 0) is 35.9 Å². The average molecular weight is 380 g/mol. The molecule has 3 aromatic rings. The quantitative estimate of drug-likeness (QED) is 0.667. The third-order valence-electron chi connectivity index (χ3n) is 3.67. The van der Waals surface area contributed by atoms with E-state index in [1.807, 2.05) is 24.3 Å². The third-order valence-corrected chi connectivity index (χ3v) is 4.23. The lowest BCUT2D eigenvalue weighted by Gasteiger charge is -2.02. The number of para-hydroxylation sites is 1. The Bertz CT molecular complexity index is 1090. The van der Waals surface area contributed by atoms with Crippen molar-refractivity contribution in [3.63, 3.8) is 0 Å². The lowest BCUT2D eigenvalue weighted by Crippen LogP contribution is -2.02. The maximum Gasteiger partial charge on any atom is 0.145 e. The highest BCUT2D eigenvalue weighted by atomic mass is 35.5. The minimum atomic E-state index is 0.131. The summed E-state index contributed by atoms with van der Waals surface area (Å²) in [5.41, 5.74) is 7.86. The number of hydrogen-bond acceptors (Lipinski definition) is 4. The fourth-order valence-electron chi connectivity index (χ4n) is 2.42. The number of benzene rings is 2. The van der Waals surface area contributed by atoms with Gasteiger partial charge >= 0.3 is 0 Å². The molecule has 0 amide bonds. The van der Waals surface area contributed by atoms with Gasteiger partial charge in [0.1, 0.15) is 29.2 Å². The first kappa shape index (κ1) is 17.6. The molecule has 0 aliphatic carbocycles. The Hall–Kier alpha value is -3.25. The van der Waals surface area contributed by atoms with Crippen LogP contribution in [0.5, 0.6) is 0 Å². The molecule has 0 radical (unpaired) electrons. The molecule has 0 spiro atoms. The molecule has 0 atom stereocenters. The number of rotatable bonds is 3. The largest absolute Gasteiger partial charge is 0.382 e. The van der Waals surface area contributed by atoms with Crippen LogP contribution >= 0.6 is 23.2 Å². The SMILES string of the molecule is N#C/C(=C\c1ccc(Cl)cc1Cl)c1nn(-c2ccccc2)c(N)c1C#N. The molecule has 0 saturated heterocycles. The van der Waals surface area contributed by atoms with Crippen LogP contribution in [0.2, 0.25) is 10.0 Å². The standard InChI is InChI=1S/C19H11Cl2N5/c20-14-7-6-12(17(21)9-14)8-13(10-22)18-16(11-23)19(24)26(25-18)15-4-2-1-3-5-15/h1-9H,24H2/b13-8+. The Balaban J connectivity index is 2.17. The summed E-state index contributed by atoms with van der Waals surface area (Å²) >= 11 is 12.1. The Morgan fingerprint density at radius 3 is 2.46 bits per heavy atom. The lowest BCUT2D eigenvalue weighted by molar-refractivity contribution is 0.885. The summed E-state index contributed by atoms with van der Waals surface area (Å²) in [6.07, 6.45) is 1.55. The molecule has 0 saturated carbocycles. The molecule has 5 nitrogen and oxygen atoms in total. The van der Waals surface area contributed by atoms with E-state index in [0.717, 1.165) is 0 Å². The minimum absolute atomic E-state index is 0.131. The van der Waals surface area contributed by atoms with Crippen molar-refractivity contribution < 1.29 is 0 Å². The van der Waals surface area contributed by atoms with Gasteiger partial charge in [0.15, 0.2) is 0 Å². The van der Waals surface area contributed by atoms with Gasteiger partial charge in [-0.15, -0.1) is 0 Å². The summed E-state index contributed by atoms with van der Waals surface area (Å²) in [5.74, 6) is 0.164. The first-order valence-electron chi connectivity index (χ1n) is 7.46. The first-order valence-corrected chi connectivity index (χ1v) is 8.22. The smallest absolute Gasteiger partial charge is 0.145 e. The Morgan fingerprint density at radius 1 is 1.12 bits per heavy atom. The maximum atomic E-state index is 9.59. The molecule has 3 rings (SSSR count). The second kappa shape index (κ2) is 7.33. The molecule has 0 fully saturated rings. The molecule has 0 bridgehead atoms. The number of nitrogen functional groups attached to an aromatic ring is 1. The van der Waals surface area contributed by atoms with E-state index in [9.17, 15) is 10.5 Å². The molecule has 0 aliphatic rings. The van der Waals surface area contributed by atoms with Gasteiger partial charge in [-0.3, -0.25) is 0 Å². The van der Waals surface area contributed by atoms with Crippen molar-refractivity contribution in [2.24, 2.45) is 0 Å². The van der Waals surface area contributed by atoms with Gasteiger partial charge in [0, 0.05) is 10.0 Å². The highest BCUT2D eigenvalue weighted by molar-refractivity contribution is 6.35. The van der Waals surface area contributed by atoms with E-state index in [2.05, 4.69) is 11.2 Å². The Labute approximate surface area is 160 Å². The van der Waals surface area contributed by atoms with E-state index in [-0.39, 0.29) is 22.6 Å². The van der Waals surface area contributed by atoms with Gasteiger partial charge in [0.25, 0.3) is 0 Å². The normalized spacial score (nSPS) is 11.0. The van der Waals surface area contributed by atoms with Crippen LogP contribution in [0, 0.1) is 22.7 Å². The van der Waals surface area contributed by atoms with Crippen LogP contribution in [-0.4, -0.2) is 9.78 Å². The van der Waals surface area contributed by atoms with Crippen LogP contribution in [0.4, 0.5) is 5.82 Å². The molecule has 126 valence electrons. The van der Waals surface area contributed by atoms with E-state index in [1.54, 1.807) is 36.4 Å². The molecular weight excluding hydrogens is 369 g/mol. The molecule has 2 N–H and O–H groups in total. The van der Waals surface area contributed by atoms with E-state index < -0.39 is 0 Å². The van der Waals surface area contributed by atoms with E-state index in [4.69, 9.17) is 28.9 Å². The molecule has 26 heavy (non-hydrogen) atoms. The zero-order chi connectivity index (χ0) is 18.7. The predicted molar refractivity (Wildman–Crippen MR) is 103 cm³/mol. The molecule has 1 aromatic heterocycles. The Kier molecular flexibility index (Phi) is 4.95. The fraction of sp³-hybridized carbons (Fsp3) is 0. The van der Waals surface area contributed by atoms with Crippen LogP contribution in [0.25, 0.3) is 17.3 Å². The van der Waals surface area contributed by atoms with Crippen molar-refractivity contribution in [1.82, 2.24) is 9.78 Å². The summed E-state index contributed by atoms with van der Waals surface area (Å²) in [6.45, 7) is 0. The summed E-state index contributed by atoms with van der Waals surface area (Å²) in [7, 11) is 0. The van der Waals surface area contributed by atoms with E-state index in [0.29, 0.717) is 21.3 Å². The van der Waals surface area contributed by atoms with E-state index >= 15 is 0 Å².